The van der Waals surface area contributed by atoms with E-state index >= 15 is 0 Å². The van der Waals surface area contributed by atoms with E-state index in [1.807, 2.05) is 6.08 Å². The molecular formula is C12H21ClO2. The summed E-state index contributed by atoms with van der Waals surface area (Å²) in [5.74, 6) is 0.584. The number of methoxy groups -OCH3 is 2. The first-order valence-electron chi connectivity index (χ1n) is 5.12. The van der Waals surface area contributed by atoms with E-state index in [0.717, 1.165) is 12.8 Å². The highest BCUT2D eigenvalue weighted by Gasteiger charge is 1.95. The molecule has 3 heteroatoms. The van der Waals surface area contributed by atoms with Crippen LogP contribution < -0.4 is 0 Å². The summed E-state index contributed by atoms with van der Waals surface area (Å²) in [7, 11) is 3.39. The van der Waals surface area contributed by atoms with Crippen molar-refractivity contribution in [2.24, 2.45) is 0 Å². The molecule has 15 heavy (non-hydrogen) atoms. The molecule has 0 saturated carbocycles. The predicted molar refractivity (Wildman–Crippen MR) is 65.5 cm³/mol. The van der Waals surface area contributed by atoms with E-state index < -0.39 is 0 Å². The molecule has 88 valence electrons. The third kappa shape index (κ3) is 8.67. The summed E-state index contributed by atoms with van der Waals surface area (Å²) < 4.78 is 9.99. The van der Waals surface area contributed by atoms with Gasteiger partial charge in [0.1, 0.15) is 0 Å². The quantitative estimate of drug-likeness (QED) is 0.473. The van der Waals surface area contributed by atoms with E-state index in [9.17, 15) is 0 Å². The Morgan fingerprint density at radius 2 is 1.93 bits per heavy atom. The Balaban J connectivity index is 3.85. The second kappa shape index (κ2) is 10.2. The van der Waals surface area contributed by atoms with E-state index in [1.165, 1.54) is 11.1 Å². The van der Waals surface area contributed by atoms with Gasteiger partial charge in [-0.15, -0.1) is 11.6 Å². The van der Waals surface area contributed by atoms with Crippen molar-refractivity contribution in [2.75, 3.05) is 33.3 Å². The van der Waals surface area contributed by atoms with Crippen LogP contribution in [0.15, 0.2) is 23.3 Å². The number of halogens is 1. The molecule has 2 nitrogen and oxygen atoms in total. The first-order valence-corrected chi connectivity index (χ1v) is 5.65. The van der Waals surface area contributed by atoms with Gasteiger partial charge in [-0.1, -0.05) is 23.3 Å². The maximum Gasteiger partial charge on any atom is 0.0670 e. The standard InChI is InChI=1S/C12H21ClO2/c1-11(10-15-3)5-4-6-12(9-13)7-8-14-2/h5,7H,4,6,8-10H2,1-3H3/b11-5+,12-7-. The third-order valence-corrected chi connectivity index (χ3v) is 2.38. The Kier molecular flexibility index (Phi) is 10.0. The van der Waals surface area contributed by atoms with E-state index in [4.69, 9.17) is 21.1 Å². The summed E-state index contributed by atoms with van der Waals surface area (Å²) >= 11 is 5.81. The van der Waals surface area contributed by atoms with Crippen molar-refractivity contribution < 1.29 is 9.47 Å². The topological polar surface area (TPSA) is 18.5 Å². The molecule has 0 saturated heterocycles. The number of rotatable bonds is 8. The van der Waals surface area contributed by atoms with Gasteiger partial charge in [0.15, 0.2) is 0 Å². The number of alkyl halides is 1. The number of ether oxygens (including phenoxy) is 2. The molecule has 0 atom stereocenters. The monoisotopic (exact) mass is 232 g/mol. The van der Waals surface area contributed by atoms with Gasteiger partial charge in [-0.2, -0.15) is 0 Å². The predicted octanol–water partition coefficient (Wildman–Crippen LogP) is 3.17. The highest BCUT2D eigenvalue weighted by Crippen LogP contribution is 2.09. The molecule has 0 amide bonds. The molecule has 0 spiro atoms. The summed E-state index contributed by atoms with van der Waals surface area (Å²) in [6, 6.07) is 0. The van der Waals surface area contributed by atoms with E-state index in [0.29, 0.717) is 19.1 Å². The highest BCUT2D eigenvalue weighted by atomic mass is 35.5. The van der Waals surface area contributed by atoms with Gasteiger partial charge in [0.05, 0.1) is 13.2 Å². The van der Waals surface area contributed by atoms with Crippen LogP contribution in [0.25, 0.3) is 0 Å². The molecule has 0 radical (unpaired) electrons. The SMILES string of the molecule is COC/C=C(\CCl)CC/C=C(\C)COC. The molecule has 0 rings (SSSR count). The van der Waals surface area contributed by atoms with Gasteiger partial charge >= 0.3 is 0 Å². The van der Waals surface area contributed by atoms with Crippen LogP contribution >= 0.6 is 11.6 Å². The average molecular weight is 233 g/mol. The van der Waals surface area contributed by atoms with E-state index in [2.05, 4.69) is 13.0 Å². The minimum absolute atomic E-state index is 0.584. The number of allylic oxidation sites excluding steroid dienone is 2. The Hall–Kier alpha value is -0.310. The lowest BCUT2D eigenvalue weighted by Crippen LogP contribution is -1.92. The normalized spacial score (nSPS) is 13.3. The molecule has 0 unspecified atom stereocenters. The van der Waals surface area contributed by atoms with Gasteiger partial charge in [-0.25, -0.2) is 0 Å². The largest absolute Gasteiger partial charge is 0.381 e. The molecule has 0 aliphatic rings. The molecule has 0 fully saturated rings. The van der Waals surface area contributed by atoms with E-state index in [1.54, 1.807) is 14.2 Å². The average Bonchev–Trinajstić information content (AvgIpc) is 2.23. The van der Waals surface area contributed by atoms with Crippen molar-refractivity contribution >= 4 is 11.6 Å². The second-order valence-electron chi connectivity index (χ2n) is 3.47. The Morgan fingerprint density at radius 3 is 2.47 bits per heavy atom. The summed E-state index contributed by atoms with van der Waals surface area (Å²) in [6.07, 6.45) is 6.24. The van der Waals surface area contributed by atoms with Crippen LogP contribution in [-0.2, 0) is 9.47 Å². The molecule has 0 aliphatic carbocycles. The summed E-state index contributed by atoms with van der Waals surface area (Å²) in [4.78, 5) is 0. The first kappa shape index (κ1) is 14.7. The van der Waals surface area contributed by atoms with Crippen molar-refractivity contribution in [1.82, 2.24) is 0 Å². The molecule has 0 aromatic heterocycles. The lowest BCUT2D eigenvalue weighted by Gasteiger charge is -2.02. The van der Waals surface area contributed by atoms with E-state index in [-0.39, 0.29) is 0 Å². The highest BCUT2D eigenvalue weighted by molar-refractivity contribution is 6.19. The minimum atomic E-state index is 0.584. The van der Waals surface area contributed by atoms with Crippen LogP contribution in [0.1, 0.15) is 19.8 Å². The Morgan fingerprint density at radius 1 is 1.20 bits per heavy atom. The number of hydrogen-bond acceptors (Lipinski definition) is 2. The third-order valence-electron chi connectivity index (χ3n) is 2.04. The Bertz CT molecular complexity index is 210. The minimum Gasteiger partial charge on any atom is -0.381 e. The summed E-state index contributed by atoms with van der Waals surface area (Å²) in [5.41, 5.74) is 2.50. The van der Waals surface area contributed by atoms with Gasteiger partial charge in [0, 0.05) is 20.1 Å². The van der Waals surface area contributed by atoms with Crippen LogP contribution in [0.4, 0.5) is 0 Å². The zero-order chi connectivity index (χ0) is 11.5. The van der Waals surface area contributed by atoms with Crippen molar-refractivity contribution in [3.05, 3.63) is 23.3 Å². The van der Waals surface area contributed by atoms with Crippen molar-refractivity contribution in [2.45, 2.75) is 19.8 Å². The molecule has 0 N–H and O–H groups in total. The molecule has 0 bridgehead atoms. The van der Waals surface area contributed by atoms with Gasteiger partial charge in [-0.05, 0) is 19.8 Å². The lowest BCUT2D eigenvalue weighted by molar-refractivity contribution is 0.225. The fourth-order valence-electron chi connectivity index (χ4n) is 1.22. The molecule has 0 aromatic rings. The molecule has 0 heterocycles. The second-order valence-corrected chi connectivity index (χ2v) is 3.74. The van der Waals surface area contributed by atoms with Crippen molar-refractivity contribution in [3.63, 3.8) is 0 Å². The number of hydrogen-bond donors (Lipinski definition) is 0. The van der Waals surface area contributed by atoms with Gasteiger partial charge in [0.2, 0.25) is 0 Å². The van der Waals surface area contributed by atoms with Gasteiger partial charge in [0.25, 0.3) is 0 Å². The van der Waals surface area contributed by atoms with Crippen LogP contribution in [0.2, 0.25) is 0 Å². The fourth-order valence-corrected chi connectivity index (χ4v) is 1.46. The van der Waals surface area contributed by atoms with Crippen LogP contribution in [-0.4, -0.2) is 33.3 Å². The summed E-state index contributed by atoms with van der Waals surface area (Å²) in [6.45, 7) is 3.42. The molecular weight excluding hydrogens is 212 g/mol. The Labute approximate surface area is 97.9 Å². The fraction of sp³-hybridized carbons (Fsp3) is 0.667. The van der Waals surface area contributed by atoms with Gasteiger partial charge < -0.3 is 9.47 Å². The van der Waals surface area contributed by atoms with Crippen LogP contribution in [0, 0.1) is 0 Å². The first-order chi connectivity index (χ1) is 7.24. The maximum absolute atomic E-state index is 5.81. The summed E-state index contributed by atoms with van der Waals surface area (Å²) in [5, 5.41) is 0. The molecule has 0 aromatic carbocycles. The molecule has 0 aliphatic heterocycles. The maximum atomic E-state index is 5.81. The zero-order valence-corrected chi connectivity index (χ0v) is 10.6. The van der Waals surface area contributed by atoms with Crippen molar-refractivity contribution in [3.8, 4) is 0 Å². The smallest absolute Gasteiger partial charge is 0.0670 e. The van der Waals surface area contributed by atoms with Crippen LogP contribution in [0.3, 0.4) is 0 Å². The zero-order valence-electron chi connectivity index (χ0n) is 9.88. The van der Waals surface area contributed by atoms with Crippen molar-refractivity contribution in [1.29, 1.82) is 0 Å². The lowest BCUT2D eigenvalue weighted by atomic mass is 10.1. The van der Waals surface area contributed by atoms with Gasteiger partial charge in [-0.3, -0.25) is 0 Å². The van der Waals surface area contributed by atoms with Crippen LogP contribution in [0.5, 0.6) is 0 Å².